The molecule has 0 spiro atoms. The molecule has 0 bridgehead atoms. The number of aryl methyl sites for hydroxylation is 2. The minimum absolute atomic E-state index is 0.210. The highest BCUT2D eigenvalue weighted by Gasteiger charge is 2.20. The van der Waals surface area contributed by atoms with E-state index in [9.17, 15) is 9.59 Å². The summed E-state index contributed by atoms with van der Waals surface area (Å²) in [5.74, 6) is -0.950. The van der Waals surface area contributed by atoms with Crippen LogP contribution in [0.25, 0.3) is 0 Å². The van der Waals surface area contributed by atoms with Gasteiger partial charge in [-0.15, -0.1) is 0 Å². The van der Waals surface area contributed by atoms with E-state index in [0.29, 0.717) is 19.3 Å². The zero-order valence-electron chi connectivity index (χ0n) is 12.3. The number of benzene rings is 1. The van der Waals surface area contributed by atoms with Crippen molar-refractivity contribution in [2.45, 2.75) is 46.1 Å². The first-order valence-corrected chi connectivity index (χ1v) is 6.96. The fraction of sp³-hybridized carbons (Fsp3) is 0.500. The molecular formula is C16H23NO3. The van der Waals surface area contributed by atoms with Crippen molar-refractivity contribution in [3.05, 3.63) is 35.4 Å². The van der Waals surface area contributed by atoms with Gasteiger partial charge in [-0.25, -0.2) is 4.79 Å². The molecule has 1 unspecified atom stereocenters. The maximum absolute atomic E-state index is 11.8. The smallest absolute Gasteiger partial charge is 0.326 e. The monoisotopic (exact) mass is 277 g/mol. The molecule has 1 aromatic carbocycles. The van der Waals surface area contributed by atoms with E-state index in [0.717, 1.165) is 5.56 Å². The van der Waals surface area contributed by atoms with Gasteiger partial charge in [-0.1, -0.05) is 43.7 Å². The van der Waals surface area contributed by atoms with Gasteiger partial charge in [0.25, 0.3) is 0 Å². The maximum atomic E-state index is 11.8. The summed E-state index contributed by atoms with van der Waals surface area (Å²) < 4.78 is 0. The first-order chi connectivity index (χ1) is 9.38. The Hall–Kier alpha value is -1.84. The molecular weight excluding hydrogens is 254 g/mol. The molecule has 1 atom stereocenters. The lowest BCUT2D eigenvalue weighted by Gasteiger charge is -2.16. The summed E-state index contributed by atoms with van der Waals surface area (Å²) in [4.78, 5) is 22.9. The Labute approximate surface area is 120 Å². The lowest BCUT2D eigenvalue weighted by molar-refractivity contribution is -0.142. The molecule has 110 valence electrons. The van der Waals surface area contributed by atoms with Gasteiger partial charge in [0, 0.05) is 6.42 Å². The van der Waals surface area contributed by atoms with Crippen molar-refractivity contribution in [1.82, 2.24) is 5.32 Å². The van der Waals surface area contributed by atoms with Crippen molar-refractivity contribution >= 4 is 11.9 Å². The van der Waals surface area contributed by atoms with Crippen molar-refractivity contribution in [3.63, 3.8) is 0 Å². The molecule has 0 aliphatic carbocycles. The molecule has 1 rings (SSSR count). The number of carbonyl (C=O) groups excluding carboxylic acids is 1. The number of amides is 1. The van der Waals surface area contributed by atoms with Crippen molar-refractivity contribution in [3.8, 4) is 0 Å². The predicted octanol–water partition coefficient (Wildman–Crippen LogP) is 2.54. The van der Waals surface area contributed by atoms with Gasteiger partial charge in [0.05, 0.1) is 0 Å². The Morgan fingerprint density at radius 2 is 1.80 bits per heavy atom. The minimum atomic E-state index is -0.970. The molecule has 2 N–H and O–H groups in total. The van der Waals surface area contributed by atoms with Gasteiger partial charge in [-0.2, -0.15) is 0 Å². The average molecular weight is 277 g/mol. The summed E-state index contributed by atoms with van der Waals surface area (Å²) in [7, 11) is 0. The Balaban J connectivity index is 2.45. The Morgan fingerprint density at radius 3 is 2.30 bits per heavy atom. The SMILES string of the molecule is Cc1ccc(CCC(=O)NC(CC(C)C)C(=O)O)cc1. The normalized spacial score (nSPS) is 12.2. The van der Waals surface area contributed by atoms with Crippen LogP contribution in [0.1, 0.15) is 37.8 Å². The zero-order valence-corrected chi connectivity index (χ0v) is 12.3. The van der Waals surface area contributed by atoms with Crippen LogP contribution in [0.3, 0.4) is 0 Å². The molecule has 1 amide bonds. The van der Waals surface area contributed by atoms with Crippen LogP contribution in [0.2, 0.25) is 0 Å². The van der Waals surface area contributed by atoms with Gasteiger partial charge in [0.2, 0.25) is 5.91 Å². The summed E-state index contributed by atoms with van der Waals surface area (Å²) in [5, 5.41) is 11.7. The standard InChI is InChI=1S/C16H23NO3/c1-11(2)10-14(16(19)20)17-15(18)9-8-13-6-4-12(3)5-7-13/h4-7,11,14H,8-10H2,1-3H3,(H,17,18)(H,19,20). The van der Waals surface area contributed by atoms with Crippen molar-refractivity contribution in [2.24, 2.45) is 5.92 Å². The molecule has 0 saturated heterocycles. The quantitative estimate of drug-likeness (QED) is 0.805. The van der Waals surface area contributed by atoms with Crippen LogP contribution in [0.5, 0.6) is 0 Å². The number of carbonyl (C=O) groups is 2. The number of aliphatic carboxylic acids is 1. The number of carboxylic acid groups (broad SMARTS) is 1. The number of hydrogen-bond donors (Lipinski definition) is 2. The van der Waals surface area contributed by atoms with Gasteiger partial charge in [0.15, 0.2) is 0 Å². The molecule has 0 aliphatic heterocycles. The second-order valence-electron chi connectivity index (χ2n) is 5.57. The van der Waals surface area contributed by atoms with Crippen molar-refractivity contribution in [1.29, 1.82) is 0 Å². The molecule has 0 aromatic heterocycles. The molecule has 0 heterocycles. The first kappa shape index (κ1) is 16.2. The molecule has 20 heavy (non-hydrogen) atoms. The first-order valence-electron chi connectivity index (χ1n) is 6.96. The van der Waals surface area contributed by atoms with Gasteiger partial charge in [-0.3, -0.25) is 4.79 Å². The summed E-state index contributed by atoms with van der Waals surface area (Å²) in [6, 6.07) is 7.20. The van der Waals surface area contributed by atoms with Gasteiger partial charge >= 0.3 is 5.97 Å². The average Bonchev–Trinajstić information content (AvgIpc) is 2.36. The summed E-state index contributed by atoms with van der Waals surface area (Å²) in [5.41, 5.74) is 2.27. The largest absolute Gasteiger partial charge is 0.480 e. The molecule has 4 heteroatoms. The van der Waals surface area contributed by atoms with E-state index >= 15 is 0 Å². The van der Waals surface area contributed by atoms with Crippen LogP contribution < -0.4 is 5.32 Å². The summed E-state index contributed by atoms with van der Waals surface area (Å²) in [6.07, 6.45) is 1.39. The van der Waals surface area contributed by atoms with E-state index in [1.807, 2.05) is 45.0 Å². The third kappa shape index (κ3) is 5.87. The Morgan fingerprint density at radius 1 is 1.20 bits per heavy atom. The number of nitrogens with one attached hydrogen (secondary N) is 1. The van der Waals surface area contributed by atoms with Gasteiger partial charge in [-0.05, 0) is 31.2 Å². The Kier molecular flexibility index (Phi) is 6.22. The van der Waals surface area contributed by atoms with Crippen LogP contribution >= 0.6 is 0 Å². The lowest BCUT2D eigenvalue weighted by Crippen LogP contribution is -2.41. The predicted molar refractivity (Wildman–Crippen MR) is 78.5 cm³/mol. The van der Waals surface area contributed by atoms with E-state index in [1.165, 1.54) is 5.56 Å². The molecule has 0 saturated carbocycles. The van der Waals surface area contributed by atoms with E-state index < -0.39 is 12.0 Å². The minimum Gasteiger partial charge on any atom is -0.480 e. The maximum Gasteiger partial charge on any atom is 0.326 e. The molecule has 4 nitrogen and oxygen atoms in total. The highest BCUT2D eigenvalue weighted by atomic mass is 16.4. The van der Waals surface area contributed by atoms with Crippen LogP contribution in [-0.2, 0) is 16.0 Å². The topological polar surface area (TPSA) is 66.4 Å². The third-order valence-electron chi connectivity index (χ3n) is 3.10. The van der Waals surface area contributed by atoms with Crippen molar-refractivity contribution < 1.29 is 14.7 Å². The lowest BCUT2D eigenvalue weighted by atomic mass is 10.0. The molecule has 0 aliphatic rings. The molecule has 0 radical (unpaired) electrons. The van der Waals surface area contributed by atoms with E-state index in [-0.39, 0.29) is 11.8 Å². The number of hydrogen-bond acceptors (Lipinski definition) is 2. The fourth-order valence-electron chi connectivity index (χ4n) is 1.97. The van der Waals surface area contributed by atoms with Crippen LogP contribution in [-0.4, -0.2) is 23.0 Å². The van der Waals surface area contributed by atoms with Gasteiger partial charge in [0.1, 0.15) is 6.04 Å². The summed E-state index contributed by atoms with van der Waals surface area (Å²) >= 11 is 0. The highest BCUT2D eigenvalue weighted by molar-refractivity contribution is 5.83. The zero-order chi connectivity index (χ0) is 15.1. The molecule has 0 fully saturated rings. The van der Waals surface area contributed by atoms with Crippen LogP contribution in [0.15, 0.2) is 24.3 Å². The highest BCUT2D eigenvalue weighted by Crippen LogP contribution is 2.08. The van der Waals surface area contributed by atoms with Gasteiger partial charge < -0.3 is 10.4 Å². The molecule has 1 aromatic rings. The van der Waals surface area contributed by atoms with Crippen molar-refractivity contribution in [2.75, 3.05) is 0 Å². The van der Waals surface area contributed by atoms with Crippen LogP contribution in [0, 0.1) is 12.8 Å². The fourth-order valence-corrected chi connectivity index (χ4v) is 1.97. The Bertz CT molecular complexity index is 451. The van der Waals surface area contributed by atoms with Crippen LogP contribution in [0.4, 0.5) is 0 Å². The number of carboxylic acids is 1. The van der Waals surface area contributed by atoms with E-state index in [1.54, 1.807) is 0 Å². The third-order valence-corrected chi connectivity index (χ3v) is 3.10. The van der Waals surface area contributed by atoms with E-state index in [2.05, 4.69) is 5.32 Å². The second kappa shape index (κ2) is 7.68. The van der Waals surface area contributed by atoms with E-state index in [4.69, 9.17) is 5.11 Å². The number of rotatable bonds is 7. The summed E-state index contributed by atoms with van der Waals surface area (Å²) in [6.45, 7) is 5.89. The second-order valence-corrected chi connectivity index (χ2v) is 5.57.